The molecule has 0 fully saturated rings. The molecule has 0 aromatic rings. The summed E-state index contributed by atoms with van der Waals surface area (Å²) in [4.78, 5) is 11.0. The first-order valence-corrected chi connectivity index (χ1v) is 5.14. The molecule has 0 aromatic heterocycles. The Balaban J connectivity index is 4.02. The Bertz CT molecular complexity index is 167. The minimum atomic E-state index is -0.793. The molecule has 0 aromatic carbocycles. The third-order valence-electron chi connectivity index (χ3n) is 2.67. The second-order valence-electron chi connectivity index (χ2n) is 3.44. The van der Waals surface area contributed by atoms with Crippen molar-refractivity contribution in [2.45, 2.75) is 33.1 Å². The van der Waals surface area contributed by atoms with Crippen LogP contribution in [-0.2, 0) is 9.53 Å². The molecule has 3 N–H and O–H groups in total. The third-order valence-corrected chi connectivity index (χ3v) is 2.67. The van der Waals surface area contributed by atoms with E-state index in [2.05, 4.69) is 0 Å². The summed E-state index contributed by atoms with van der Waals surface area (Å²) in [6.07, 6.45) is 1.92. The van der Waals surface area contributed by atoms with Gasteiger partial charge in [-0.3, -0.25) is 4.79 Å². The van der Waals surface area contributed by atoms with E-state index in [0.717, 1.165) is 6.42 Å². The molecular weight excluding hydrogens is 182 g/mol. The first-order chi connectivity index (χ1) is 6.63. The Morgan fingerprint density at radius 2 is 2.14 bits per heavy atom. The fraction of sp³-hybridized carbons (Fsp3) is 0.900. The lowest BCUT2D eigenvalue weighted by Gasteiger charge is -2.26. The van der Waals surface area contributed by atoms with Gasteiger partial charge >= 0.3 is 5.97 Å². The Morgan fingerprint density at radius 1 is 1.50 bits per heavy atom. The maximum Gasteiger partial charge on any atom is 0.310 e. The molecule has 4 nitrogen and oxygen atoms in total. The molecule has 4 heteroatoms. The molecule has 0 aliphatic heterocycles. The number of ether oxygens (including phenoxy) is 1. The summed E-state index contributed by atoms with van der Waals surface area (Å²) in [5.41, 5.74) is 4.76. The van der Waals surface area contributed by atoms with E-state index in [1.165, 1.54) is 0 Å². The normalized spacial score (nSPS) is 15.1. The molecule has 0 aliphatic carbocycles. The van der Waals surface area contributed by atoms with Crippen molar-refractivity contribution < 1.29 is 14.6 Å². The molecule has 0 bridgehead atoms. The number of rotatable bonds is 8. The lowest BCUT2D eigenvalue weighted by atomic mass is 9.81. The summed E-state index contributed by atoms with van der Waals surface area (Å²) in [5, 5.41) is 9.06. The van der Waals surface area contributed by atoms with Crippen LogP contribution in [0.2, 0.25) is 0 Å². The zero-order valence-corrected chi connectivity index (χ0v) is 9.08. The van der Waals surface area contributed by atoms with Crippen LogP contribution in [0.5, 0.6) is 0 Å². The number of nitrogens with two attached hydrogens (primary N) is 1. The molecule has 0 rings (SSSR count). The van der Waals surface area contributed by atoms with Gasteiger partial charge in [-0.1, -0.05) is 6.92 Å². The van der Waals surface area contributed by atoms with Crippen LogP contribution in [0.15, 0.2) is 0 Å². The fourth-order valence-electron chi connectivity index (χ4n) is 1.43. The van der Waals surface area contributed by atoms with Gasteiger partial charge in [0.25, 0.3) is 0 Å². The topological polar surface area (TPSA) is 72.5 Å². The van der Waals surface area contributed by atoms with Gasteiger partial charge in [-0.2, -0.15) is 0 Å². The van der Waals surface area contributed by atoms with Crippen molar-refractivity contribution in [1.29, 1.82) is 0 Å². The van der Waals surface area contributed by atoms with Crippen molar-refractivity contribution in [3.05, 3.63) is 0 Å². The second kappa shape index (κ2) is 6.79. The van der Waals surface area contributed by atoms with E-state index >= 15 is 0 Å². The summed E-state index contributed by atoms with van der Waals surface area (Å²) in [5.74, 6) is -0.793. The molecular formula is C10H21NO3. The van der Waals surface area contributed by atoms with Crippen LogP contribution in [0, 0.1) is 5.41 Å². The lowest BCUT2D eigenvalue weighted by molar-refractivity contribution is -0.149. The first kappa shape index (κ1) is 13.4. The Morgan fingerprint density at radius 3 is 2.50 bits per heavy atom. The highest BCUT2D eigenvalue weighted by atomic mass is 16.5. The fourth-order valence-corrected chi connectivity index (χ4v) is 1.43. The van der Waals surface area contributed by atoms with Gasteiger partial charge in [0, 0.05) is 19.8 Å². The van der Waals surface area contributed by atoms with Gasteiger partial charge < -0.3 is 15.6 Å². The highest BCUT2D eigenvalue weighted by molar-refractivity contribution is 5.74. The minimum Gasteiger partial charge on any atom is -0.481 e. The second-order valence-corrected chi connectivity index (χ2v) is 3.44. The first-order valence-electron chi connectivity index (χ1n) is 5.14. The van der Waals surface area contributed by atoms with E-state index in [-0.39, 0.29) is 6.54 Å². The van der Waals surface area contributed by atoms with E-state index in [9.17, 15) is 4.79 Å². The van der Waals surface area contributed by atoms with Gasteiger partial charge in [-0.05, 0) is 26.2 Å². The van der Waals surface area contributed by atoms with E-state index in [0.29, 0.717) is 26.1 Å². The summed E-state index contributed by atoms with van der Waals surface area (Å²) < 4.78 is 5.16. The van der Waals surface area contributed by atoms with Crippen LogP contribution in [-0.4, -0.2) is 30.8 Å². The summed E-state index contributed by atoms with van der Waals surface area (Å²) in [7, 11) is 0. The standard InChI is InChI=1S/C10H21NO3/c1-3-10(8-11,9(12)13)6-5-7-14-4-2/h3-8,11H2,1-2H3,(H,12,13). The van der Waals surface area contributed by atoms with Crippen LogP contribution >= 0.6 is 0 Å². The predicted molar refractivity (Wildman–Crippen MR) is 55.1 cm³/mol. The van der Waals surface area contributed by atoms with Gasteiger partial charge in [0.1, 0.15) is 0 Å². The lowest BCUT2D eigenvalue weighted by Crippen LogP contribution is -2.38. The maximum atomic E-state index is 11.0. The largest absolute Gasteiger partial charge is 0.481 e. The molecule has 1 unspecified atom stereocenters. The highest BCUT2D eigenvalue weighted by Crippen LogP contribution is 2.27. The van der Waals surface area contributed by atoms with Crippen LogP contribution in [0.1, 0.15) is 33.1 Å². The monoisotopic (exact) mass is 203 g/mol. The zero-order valence-electron chi connectivity index (χ0n) is 9.08. The molecule has 84 valence electrons. The summed E-state index contributed by atoms with van der Waals surface area (Å²) in [6, 6.07) is 0. The van der Waals surface area contributed by atoms with Crippen LogP contribution in [0.4, 0.5) is 0 Å². The van der Waals surface area contributed by atoms with Crippen LogP contribution in [0.25, 0.3) is 0 Å². The molecule has 14 heavy (non-hydrogen) atoms. The maximum absolute atomic E-state index is 11.0. The van der Waals surface area contributed by atoms with E-state index in [1.54, 1.807) is 0 Å². The van der Waals surface area contributed by atoms with Gasteiger partial charge in [-0.25, -0.2) is 0 Å². The van der Waals surface area contributed by atoms with Crippen molar-refractivity contribution in [1.82, 2.24) is 0 Å². The average Bonchev–Trinajstić information content (AvgIpc) is 2.18. The van der Waals surface area contributed by atoms with Crippen molar-refractivity contribution in [2.75, 3.05) is 19.8 Å². The Hall–Kier alpha value is -0.610. The number of carboxylic acids is 1. The van der Waals surface area contributed by atoms with Crippen molar-refractivity contribution in [3.8, 4) is 0 Å². The molecule has 0 spiro atoms. The molecule has 0 saturated carbocycles. The SMILES string of the molecule is CCOCCCC(CC)(CN)C(=O)O. The molecule has 0 saturated heterocycles. The van der Waals surface area contributed by atoms with Gasteiger partial charge in [0.05, 0.1) is 5.41 Å². The predicted octanol–water partition coefficient (Wildman–Crippen LogP) is 1.24. The van der Waals surface area contributed by atoms with Crippen molar-refractivity contribution in [3.63, 3.8) is 0 Å². The number of carboxylic acid groups (broad SMARTS) is 1. The number of hydrogen-bond acceptors (Lipinski definition) is 3. The van der Waals surface area contributed by atoms with Crippen LogP contribution in [0.3, 0.4) is 0 Å². The Labute approximate surface area is 85.4 Å². The number of aliphatic carboxylic acids is 1. The van der Waals surface area contributed by atoms with Gasteiger partial charge in [0.2, 0.25) is 0 Å². The molecule has 0 heterocycles. The quantitative estimate of drug-likeness (QED) is 0.582. The van der Waals surface area contributed by atoms with Crippen LogP contribution < -0.4 is 5.73 Å². The molecule has 0 amide bonds. The highest BCUT2D eigenvalue weighted by Gasteiger charge is 2.34. The van der Waals surface area contributed by atoms with E-state index in [1.807, 2.05) is 13.8 Å². The summed E-state index contributed by atoms with van der Waals surface area (Å²) >= 11 is 0. The molecule has 1 atom stereocenters. The average molecular weight is 203 g/mol. The van der Waals surface area contributed by atoms with Crippen molar-refractivity contribution >= 4 is 5.97 Å². The van der Waals surface area contributed by atoms with Gasteiger partial charge in [0.15, 0.2) is 0 Å². The molecule has 0 radical (unpaired) electrons. The smallest absolute Gasteiger partial charge is 0.310 e. The zero-order chi connectivity index (χ0) is 11.0. The van der Waals surface area contributed by atoms with Crippen molar-refractivity contribution in [2.24, 2.45) is 11.1 Å². The minimum absolute atomic E-state index is 0.199. The number of hydrogen-bond donors (Lipinski definition) is 2. The Kier molecular flexibility index (Phi) is 6.49. The van der Waals surface area contributed by atoms with E-state index < -0.39 is 11.4 Å². The number of carbonyl (C=O) groups is 1. The summed E-state index contributed by atoms with van der Waals surface area (Å²) in [6.45, 7) is 5.28. The molecule has 0 aliphatic rings. The van der Waals surface area contributed by atoms with Gasteiger partial charge in [-0.15, -0.1) is 0 Å². The van der Waals surface area contributed by atoms with E-state index in [4.69, 9.17) is 15.6 Å². The third kappa shape index (κ3) is 3.64.